The average molecular weight is 237 g/mol. The van der Waals surface area contributed by atoms with E-state index in [-0.39, 0.29) is 0 Å². The molecule has 3 aliphatic rings. The van der Waals surface area contributed by atoms with Crippen LogP contribution < -0.4 is 5.32 Å². The van der Waals surface area contributed by atoms with E-state index in [0.717, 1.165) is 18.0 Å². The van der Waals surface area contributed by atoms with E-state index in [1.807, 2.05) is 11.8 Å². The number of nitrogens with one attached hydrogen (secondary N) is 1. The fourth-order valence-electron chi connectivity index (χ4n) is 3.23. The molecule has 1 radical (unpaired) electrons. The zero-order valence-corrected chi connectivity index (χ0v) is 10.6. The molecule has 1 N–H and O–H groups in total. The third kappa shape index (κ3) is 2.12. The molecule has 3 rings (SSSR count). The maximum atomic E-state index is 3.68. The lowest BCUT2D eigenvalue weighted by atomic mass is 9.89. The van der Waals surface area contributed by atoms with Gasteiger partial charge in [-0.1, -0.05) is 6.08 Å². The van der Waals surface area contributed by atoms with Gasteiger partial charge in [0, 0.05) is 30.3 Å². The molecular formula is C13H21N2S. The molecule has 89 valence electrons. The van der Waals surface area contributed by atoms with E-state index < -0.39 is 0 Å². The van der Waals surface area contributed by atoms with E-state index in [9.17, 15) is 0 Å². The first-order valence-electron chi connectivity index (χ1n) is 6.56. The Morgan fingerprint density at radius 2 is 2.31 bits per heavy atom. The summed E-state index contributed by atoms with van der Waals surface area (Å²) >= 11 is 2.04. The number of nitrogens with zero attached hydrogens (tertiary/aromatic N) is 1. The largest absolute Gasteiger partial charge is 0.374 e. The zero-order valence-electron chi connectivity index (χ0n) is 9.77. The molecule has 3 atom stereocenters. The third-order valence-corrected chi connectivity index (χ3v) is 5.05. The van der Waals surface area contributed by atoms with E-state index in [0.29, 0.717) is 0 Å². The van der Waals surface area contributed by atoms with Gasteiger partial charge in [0.15, 0.2) is 0 Å². The average Bonchev–Trinajstić information content (AvgIpc) is 3.03. The van der Waals surface area contributed by atoms with Gasteiger partial charge in [-0.05, 0) is 44.2 Å². The monoisotopic (exact) mass is 237 g/mol. The van der Waals surface area contributed by atoms with Gasteiger partial charge in [0.25, 0.3) is 0 Å². The highest BCUT2D eigenvalue weighted by atomic mass is 32.2. The fourth-order valence-corrected chi connectivity index (χ4v) is 4.33. The maximum Gasteiger partial charge on any atom is 0.0346 e. The van der Waals surface area contributed by atoms with Crippen LogP contribution in [0.4, 0.5) is 0 Å². The van der Waals surface area contributed by atoms with Crippen LogP contribution in [0.2, 0.25) is 0 Å². The Balaban J connectivity index is 1.69. The number of thioether (sulfide) groups is 1. The van der Waals surface area contributed by atoms with E-state index in [1.54, 1.807) is 0 Å². The summed E-state index contributed by atoms with van der Waals surface area (Å²) in [5.41, 5.74) is 0. The van der Waals surface area contributed by atoms with Crippen molar-refractivity contribution in [3.8, 4) is 0 Å². The molecule has 0 aromatic rings. The molecule has 0 bridgehead atoms. The summed E-state index contributed by atoms with van der Waals surface area (Å²) in [6.45, 7) is 2.47. The first kappa shape index (κ1) is 11.0. The second kappa shape index (κ2) is 5.01. The molecule has 0 amide bonds. The maximum absolute atomic E-state index is 3.68. The molecule has 0 saturated carbocycles. The van der Waals surface area contributed by atoms with Crippen molar-refractivity contribution < 1.29 is 0 Å². The van der Waals surface area contributed by atoms with Crippen LogP contribution in [0, 0.1) is 11.7 Å². The Morgan fingerprint density at radius 1 is 1.31 bits per heavy atom. The SMILES string of the molecule is [CH]1SCCC(N2C=CCC2)C1C1CCCN1. The summed E-state index contributed by atoms with van der Waals surface area (Å²) in [4.78, 5) is 2.58. The molecule has 2 fully saturated rings. The lowest BCUT2D eigenvalue weighted by molar-refractivity contribution is 0.199. The molecule has 3 heteroatoms. The van der Waals surface area contributed by atoms with E-state index in [2.05, 4.69) is 28.2 Å². The van der Waals surface area contributed by atoms with Crippen molar-refractivity contribution in [2.75, 3.05) is 18.8 Å². The zero-order chi connectivity index (χ0) is 10.8. The topological polar surface area (TPSA) is 15.3 Å². The highest BCUT2D eigenvalue weighted by Gasteiger charge is 2.36. The third-order valence-electron chi connectivity index (χ3n) is 4.07. The molecule has 2 saturated heterocycles. The molecule has 0 aromatic carbocycles. The highest BCUT2D eigenvalue weighted by Crippen LogP contribution is 2.36. The standard InChI is InChI=1S/C13H21N2S/c1-2-8-15(7-1)13-5-9-16-10-11(13)12-4-3-6-14-12/h1,7,10-14H,2-6,8-9H2. The number of hydrogen-bond acceptors (Lipinski definition) is 3. The number of hydrogen-bond donors (Lipinski definition) is 1. The van der Waals surface area contributed by atoms with Crippen molar-refractivity contribution in [1.82, 2.24) is 10.2 Å². The summed E-state index contributed by atoms with van der Waals surface area (Å²) in [5.74, 6) is 4.57. The van der Waals surface area contributed by atoms with Crippen LogP contribution in [0.1, 0.15) is 25.7 Å². The van der Waals surface area contributed by atoms with E-state index in [4.69, 9.17) is 0 Å². The molecule has 16 heavy (non-hydrogen) atoms. The fraction of sp³-hybridized carbons (Fsp3) is 0.769. The normalized spacial score (nSPS) is 39.5. The van der Waals surface area contributed by atoms with Crippen LogP contribution in [0.25, 0.3) is 0 Å². The van der Waals surface area contributed by atoms with Crippen LogP contribution >= 0.6 is 11.8 Å². The number of rotatable bonds is 2. The van der Waals surface area contributed by atoms with Crippen molar-refractivity contribution in [3.63, 3.8) is 0 Å². The van der Waals surface area contributed by atoms with Crippen molar-refractivity contribution in [2.45, 2.75) is 37.8 Å². The van der Waals surface area contributed by atoms with Crippen molar-refractivity contribution in [3.05, 3.63) is 18.0 Å². The molecule has 0 aliphatic carbocycles. The second-order valence-electron chi connectivity index (χ2n) is 5.05. The smallest absolute Gasteiger partial charge is 0.0346 e. The Labute approximate surface area is 103 Å². The lowest BCUT2D eigenvalue weighted by Gasteiger charge is -2.40. The van der Waals surface area contributed by atoms with Crippen molar-refractivity contribution in [2.24, 2.45) is 5.92 Å². The van der Waals surface area contributed by atoms with Crippen LogP contribution in [0.3, 0.4) is 0 Å². The molecular weight excluding hydrogens is 216 g/mol. The molecule has 0 spiro atoms. The van der Waals surface area contributed by atoms with Crippen LogP contribution in [0.15, 0.2) is 12.3 Å². The summed E-state index contributed by atoms with van der Waals surface area (Å²) in [5, 5.41) is 3.68. The summed E-state index contributed by atoms with van der Waals surface area (Å²) in [7, 11) is 0. The van der Waals surface area contributed by atoms with Crippen LogP contribution in [0.5, 0.6) is 0 Å². The van der Waals surface area contributed by atoms with Gasteiger partial charge in [-0.25, -0.2) is 0 Å². The van der Waals surface area contributed by atoms with Crippen molar-refractivity contribution in [1.29, 1.82) is 0 Å². The minimum absolute atomic E-state index is 0.742. The molecule has 3 aliphatic heterocycles. The van der Waals surface area contributed by atoms with Gasteiger partial charge in [0.05, 0.1) is 0 Å². The molecule has 2 nitrogen and oxygen atoms in total. The second-order valence-corrected chi connectivity index (χ2v) is 6.07. The summed E-state index contributed by atoms with van der Waals surface area (Å²) in [6.07, 6.45) is 9.98. The first-order chi connectivity index (χ1) is 7.95. The van der Waals surface area contributed by atoms with Gasteiger partial charge in [-0.2, -0.15) is 11.8 Å². The van der Waals surface area contributed by atoms with Gasteiger partial charge in [0.1, 0.15) is 0 Å². The Bertz CT molecular complexity index is 261. The van der Waals surface area contributed by atoms with Crippen LogP contribution in [-0.4, -0.2) is 35.8 Å². The van der Waals surface area contributed by atoms with E-state index >= 15 is 0 Å². The van der Waals surface area contributed by atoms with Crippen molar-refractivity contribution >= 4 is 11.8 Å². The first-order valence-corrected chi connectivity index (χ1v) is 7.61. The Hall–Kier alpha value is -0.150. The Kier molecular flexibility index (Phi) is 3.43. The molecule has 3 unspecified atom stereocenters. The summed E-state index contributed by atoms with van der Waals surface area (Å²) < 4.78 is 0. The van der Waals surface area contributed by atoms with Gasteiger partial charge < -0.3 is 10.2 Å². The van der Waals surface area contributed by atoms with Crippen LogP contribution in [-0.2, 0) is 0 Å². The quantitative estimate of drug-likeness (QED) is 0.793. The molecule has 0 aromatic heterocycles. The predicted octanol–water partition coefficient (Wildman–Crippen LogP) is 2.24. The molecule has 3 heterocycles. The summed E-state index contributed by atoms with van der Waals surface area (Å²) in [6, 6.07) is 1.50. The van der Waals surface area contributed by atoms with E-state index in [1.165, 1.54) is 44.5 Å². The Morgan fingerprint density at radius 3 is 3.06 bits per heavy atom. The van der Waals surface area contributed by atoms with Gasteiger partial charge >= 0.3 is 0 Å². The predicted molar refractivity (Wildman–Crippen MR) is 70.1 cm³/mol. The minimum atomic E-state index is 0.742. The van der Waals surface area contributed by atoms with Gasteiger partial charge in [-0.3, -0.25) is 0 Å². The van der Waals surface area contributed by atoms with Gasteiger partial charge in [0.2, 0.25) is 0 Å². The van der Waals surface area contributed by atoms with Gasteiger partial charge in [-0.15, -0.1) is 0 Å². The minimum Gasteiger partial charge on any atom is -0.374 e. The highest BCUT2D eigenvalue weighted by molar-refractivity contribution is 8.01. The lowest BCUT2D eigenvalue weighted by Crippen LogP contribution is -2.47.